The van der Waals surface area contributed by atoms with Crippen LogP contribution in [0.15, 0.2) is 53.1 Å². The van der Waals surface area contributed by atoms with E-state index in [4.69, 9.17) is 4.42 Å². The number of nitrogens with one attached hydrogen (secondary N) is 3. The predicted molar refractivity (Wildman–Crippen MR) is 104 cm³/mol. The average molecular weight is 383 g/mol. The molecular formula is C19H17N3O4S. The molecule has 0 fully saturated rings. The molecule has 2 aromatic heterocycles. The van der Waals surface area contributed by atoms with Gasteiger partial charge in [0.25, 0.3) is 11.8 Å². The van der Waals surface area contributed by atoms with E-state index in [0.29, 0.717) is 21.3 Å². The van der Waals surface area contributed by atoms with Gasteiger partial charge in [-0.2, -0.15) is 0 Å². The lowest BCUT2D eigenvalue weighted by atomic mass is 10.2. The number of furan rings is 1. The average Bonchev–Trinajstić information content (AvgIpc) is 3.24. The molecule has 0 bridgehead atoms. The van der Waals surface area contributed by atoms with Crippen molar-refractivity contribution in [1.29, 1.82) is 0 Å². The SMILES string of the molecule is CC(=O)Nc1cccc(NC(=O)c2sc(NC(=O)c3ccco3)cc2C)c1. The molecule has 0 aliphatic rings. The number of carbonyl (C=O) groups excluding carboxylic acids is 3. The number of benzene rings is 1. The zero-order chi connectivity index (χ0) is 19.4. The van der Waals surface area contributed by atoms with Crippen LogP contribution >= 0.6 is 11.3 Å². The Bertz CT molecular complexity index is 992. The van der Waals surface area contributed by atoms with Crippen molar-refractivity contribution in [2.24, 2.45) is 0 Å². The number of hydrogen-bond acceptors (Lipinski definition) is 5. The van der Waals surface area contributed by atoms with Gasteiger partial charge in [-0.15, -0.1) is 11.3 Å². The summed E-state index contributed by atoms with van der Waals surface area (Å²) in [6.45, 7) is 3.21. The van der Waals surface area contributed by atoms with Gasteiger partial charge in [-0.3, -0.25) is 14.4 Å². The highest BCUT2D eigenvalue weighted by atomic mass is 32.1. The number of aryl methyl sites for hydroxylation is 1. The smallest absolute Gasteiger partial charge is 0.291 e. The Morgan fingerprint density at radius 1 is 0.926 bits per heavy atom. The molecule has 3 amide bonds. The molecule has 0 atom stereocenters. The van der Waals surface area contributed by atoms with Crippen molar-refractivity contribution in [3.05, 3.63) is 64.9 Å². The van der Waals surface area contributed by atoms with Crippen molar-refractivity contribution in [3.63, 3.8) is 0 Å². The van der Waals surface area contributed by atoms with Crippen LogP contribution in [0.2, 0.25) is 0 Å². The lowest BCUT2D eigenvalue weighted by molar-refractivity contribution is -0.114. The molecule has 8 heteroatoms. The molecular weight excluding hydrogens is 366 g/mol. The summed E-state index contributed by atoms with van der Waals surface area (Å²) in [5, 5.41) is 8.72. The Morgan fingerprint density at radius 3 is 2.33 bits per heavy atom. The third-order valence-electron chi connectivity index (χ3n) is 3.55. The number of anilines is 3. The minimum Gasteiger partial charge on any atom is -0.459 e. The maximum atomic E-state index is 12.6. The van der Waals surface area contributed by atoms with E-state index in [-0.39, 0.29) is 23.5 Å². The van der Waals surface area contributed by atoms with E-state index in [0.717, 1.165) is 5.56 Å². The molecule has 0 saturated heterocycles. The first-order valence-electron chi connectivity index (χ1n) is 8.06. The first-order chi connectivity index (χ1) is 12.9. The van der Waals surface area contributed by atoms with E-state index in [9.17, 15) is 14.4 Å². The van der Waals surface area contributed by atoms with E-state index in [1.165, 1.54) is 24.5 Å². The van der Waals surface area contributed by atoms with Crippen LogP contribution in [0.25, 0.3) is 0 Å². The minimum absolute atomic E-state index is 0.190. The molecule has 3 rings (SSSR count). The van der Waals surface area contributed by atoms with Crippen LogP contribution < -0.4 is 16.0 Å². The van der Waals surface area contributed by atoms with Crippen molar-refractivity contribution in [3.8, 4) is 0 Å². The van der Waals surface area contributed by atoms with E-state index >= 15 is 0 Å². The van der Waals surface area contributed by atoms with Gasteiger partial charge in [0.2, 0.25) is 5.91 Å². The van der Waals surface area contributed by atoms with E-state index in [1.807, 2.05) is 0 Å². The normalized spacial score (nSPS) is 10.3. The standard InChI is InChI=1S/C19H17N3O4S/c1-11-9-16(22-18(24)15-7-4-8-26-15)27-17(11)19(25)21-14-6-3-5-13(10-14)20-12(2)23/h3-10H,1-2H3,(H,20,23)(H,21,25)(H,22,24). The molecule has 138 valence electrons. The fraction of sp³-hybridized carbons (Fsp3) is 0.105. The largest absolute Gasteiger partial charge is 0.459 e. The quantitative estimate of drug-likeness (QED) is 0.617. The molecule has 0 aliphatic heterocycles. The second-order valence-electron chi connectivity index (χ2n) is 5.77. The van der Waals surface area contributed by atoms with Crippen LogP contribution in [-0.2, 0) is 4.79 Å². The highest BCUT2D eigenvalue weighted by Gasteiger charge is 2.17. The topological polar surface area (TPSA) is 100 Å². The maximum Gasteiger partial charge on any atom is 0.291 e. The molecule has 0 aliphatic carbocycles. The fourth-order valence-corrected chi connectivity index (χ4v) is 3.38. The van der Waals surface area contributed by atoms with Crippen LogP contribution in [0, 0.1) is 6.92 Å². The van der Waals surface area contributed by atoms with Gasteiger partial charge in [-0.05, 0) is 48.9 Å². The predicted octanol–water partition coefficient (Wildman–Crippen LogP) is 4.11. The monoisotopic (exact) mass is 383 g/mol. The Balaban J connectivity index is 1.71. The molecule has 0 saturated carbocycles. The van der Waals surface area contributed by atoms with E-state index in [1.54, 1.807) is 49.4 Å². The van der Waals surface area contributed by atoms with Crippen molar-refractivity contribution in [1.82, 2.24) is 0 Å². The second-order valence-corrected chi connectivity index (χ2v) is 6.82. The van der Waals surface area contributed by atoms with Crippen molar-refractivity contribution < 1.29 is 18.8 Å². The van der Waals surface area contributed by atoms with Gasteiger partial charge in [-0.1, -0.05) is 6.07 Å². The van der Waals surface area contributed by atoms with Crippen LogP contribution in [0.1, 0.15) is 32.7 Å². The molecule has 3 N–H and O–H groups in total. The van der Waals surface area contributed by atoms with Gasteiger partial charge in [0.1, 0.15) is 0 Å². The number of hydrogen-bond donors (Lipinski definition) is 3. The lowest BCUT2D eigenvalue weighted by Gasteiger charge is -2.07. The summed E-state index contributed by atoms with van der Waals surface area (Å²) in [4.78, 5) is 36.3. The van der Waals surface area contributed by atoms with E-state index < -0.39 is 0 Å². The number of carbonyl (C=O) groups is 3. The number of thiophene rings is 1. The van der Waals surface area contributed by atoms with Crippen LogP contribution in [0.5, 0.6) is 0 Å². The zero-order valence-corrected chi connectivity index (χ0v) is 15.5. The summed E-state index contributed by atoms with van der Waals surface area (Å²) in [6, 6.07) is 11.8. The highest BCUT2D eigenvalue weighted by Crippen LogP contribution is 2.28. The van der Waals surface area contributed by atoms with Gasteiger partial charge < -0.3 is 20.4 Å². The van der Waals surface area contributed by atoms with Crippen molar-refractivity contribution in [2.45, 2.75) is 13.8 Å². The molecule has 0 radical (unpaired) electrons. The molecule has 1 aromatic carbocycles. The van der Waals surface area contributed by atoms with Crippen molar-refractivity contribution in [2.75, 3.05) is 16.0 Å². The Labute approximate surface area is 159 Å². The van der Waals surface area contributed by atoms with Crippen LogP contribution in [0.3, 0.4) is 0 Å². The minimum atomic E-state index is -0.379. The van der Waals surface area contributed by atoms with Crippen molar-refractivity contribution >= 4 is 45.4 Å². The molecule has 27 heavy (non-hydrogen) atoms. The second kappa shape index (κ2) is 7.88. The first-order valence-corrected chi connectivity index (χ1v) is 8.88. The Morgan fingerprint density at radius 2 is 1.67 bits per heavy atom. The third-order valence-corrected chi connectivity index (χ3v) is 4.70. The van der Waals surface area contributed by atoms with E-state index in [2.05, 4.69) is 16.0 Å². The Hall–Kier alpha value is -3.39. The molecule has 0 unspecified atom stereocenters. The summed E-state index contributed by atoms with van der Waals surface area (Å²) >= 11 is 1.17. The number of amides is 3. The summed E-state index contributed by atoms with van der Waals surface area (Å²) < 4.78 is 5.05. The summed E-state index contributed by atoms with van der Waals surface area (Å²) in [7, 11) is 0. The van der Waals surface area contributed by atoms with Gasteiger partial charge in [0, 0.05) is 18.3 Å². The zero-order valence-electron chi connectivity index (χ0n) is 14.7. The Kier molecular flexibility index (Phi) is 5.37. The van der Waals surface area contributed by atoms with Gasteiger partial charge in [0.05, 0.1) is 16.1 Å². The molecule has 7 nitrogen and oxygen atoms in total. The molecule has 3 aromatic rings. The van der Waals surface area contributed by atoms with Crippen LogP contribution in [-0.4, -0.2) is 17.7 Å². The first kappa shape index (κ1) is 18.4. The fourth-order valence-electron chi connectivity index (χ4n) is 2.42. The van der Waals surface area contributed by atoms with Gasteiger partial charge in [0.15, 0.2) is 5.76 Å². The molecule has 2 heterocycles. The lowest BCUT2D eigenvalue weighted by Crippen LogP contribution is -2.12. The molecule has 0 spiro atoms. The van der Waals surface area contributed by atoms with Gasteiger partial charge >= 0.3 is 0 Å². The maximum absolute atomic E-state index is 12.6. The van der Waals surface area contributed by atoms with Gasteiger partial charge in [-0.25, -0.2) is 0 Å². The van der Waals surface area contributed by atoms with Crippen LogP contribution in [0.4, 0.5) is 16.4 Å². The summed E-state index contributed by atoms with van der Waals surface area (Å²) in [5.41, 5.74) is 1.89. The highest BCUT2D eigenvalue weighted by molar-refractivity contribution is 7.18. The number of rotatable bonds is 5. The third kappa shape index (κ3) is 4.62. The summed E-state index contributed by atoms with van der Waals surface area (Å²) in [5.74, 6) is -0.668. The summed E-state index contributed by atoms with van der Waals surface area (Å²) in [6.07, 6.45) is 1.42.